The normalized spacial score (nSPS) is 20.2. The monoisotopic (exact) mass is 477 g/mol. The number of carbonyl (C=O) groups excluding carboxylic acids is 2. The number of hydrogen-bond donors (Lipinski definition) is 1. The molecule has 1 atom stereocenters. The van der Waals surface area contributed by atoms with Crippen molar-refractivity contribution in [1.82, 2.24) is 9.62 Å². The summed E-state index contributed by atoms with van der Waals surface area (Å²) in [4.78, 5) is 26.4. The lowest BCUT2D eigenvalue weighted by atomic mass is 9.97. The summed E-state index contributed by atoms with van der Waals surface area (Å²) in [6, 6.07) is 11.3. The fourth-order valence-electron chi connectivity index (χ4n) is 4.30. The van der Waals surface area contributed by atoms with E-state index < -0.39 is 27.6 Å². The van der Waals surface area contributed by atoms with E-state index in [1.807, 2.05) is 0 Å². The number of anilines is 1. The number of rotatable bonds is 6. The van der Waals surface area contributed by atoms with Crippen LogP contribution in [-0.2, 0) is 19.6 Å². The summed E-state index contributed by atoms with van der Waals surface area (Å²) in [5.41, 5.74) is -0.0382. The van der Waals surface area contributed by atoms with Gasteiger partial charge in [0.1, 0.15) is 11.6 Å². The number of nitrogens with zero attached hydrogens (tertiary/aromatic N) is 2. The molecule has 0 radical (unpaired) electrons. The molecule has 2 aromatic rings. The number of nitrogens with one attached hydrogen (secondary N) is 1. The number of hydrogen-bond acceptors (Lipinski definition) is 4. The summed E-state index contributed by atoms with van der Waals surface area (Å²) in [5.74, 6) is -2.77. The number of carbonyl (C=O) groups is 2. The Bertz CT molecular complexity index is 1140. The van der Waals surface area contributed by atoms with E-state index in [1.54, 1.807) is 30.3 Å². The summed E-state index contributed by atoms with van der Waals surface area (Å²) < 4.78 is 54.1. The molecule has 2 amide bonds. The van der Waals surface area contributed by atoms with Crippen LogP contribution in [0.3, 0.4) is 0 Å². The minimum Gasteiger partial charge on any atom is -0.356 e. The third-order valence-electron chi connectivity index (χ3n) is 6.22. The first-order valence-electron chi connectivity index (χ1n) is 10.8. The van der Waals surface area contributed by atoms with E-state index in [2.05, 4.69) is 5.32 Å². The van der Waals surface area contributed by atoms with Crippen molar-refractivity contribution in [1.29, 1.82) is 0 Å². The zero-order chi connectivity index (χ0) is 23.6. The van der Waals surface area contributed by atoms with Gasteiger partial charge in [0.15, 0.2) is 0 Å². The molecule has 176 valence electrons. The van der Waals surface area contributed by atoms with Gasteiger partial charge in [0.25, 0.3) is 0 Å². The van der Waals surface area contributed by atoms with Crippen LogP contribution in [0, 0.1) is 23.5 Å². The van der Waals surface area contributed by atoms with Crippen LogP contribution in [0.5, 0.6) is 0 Å². The van der Waals surface area contributed by atoms with Gasteiger partial charge in [-0.15, -0.1) is 0 Å². The van der Waals surface area contributed by atoms with Crippen LogP contribution in [0.4, 0.5) is 14.5 Å². The first-order chi connectivity index (χ1) is 15.8. The average Bonchev–Trinajstić information content (AvgIpc) is 3.19. The SMILES string of the molecule is O=C(NCC1CCN(S(=O)(=O)c2ccccc2)CC1)C1CC(=O)N(c2ccc(F)cc2F)C1. The molecule has 0 bridgehead atoms. The highest BCUT2D eigenvalue weighted by atomic mass is 32.2. The zero-order valence-electron chi connectivity index (χ0n) is 17.9. The zero-order valence-corrected chi connectivity index (χ0v) is 18.7. The molecule has 0 saturated carbocycles. The maximum absolute atomic E-state index is 14.0. The Balaban J connectivity index is 1.27. The van der Waals surface area contributed by atoms with Crippen LogP contribution in [0.25, 0.3) is 0 Å². The van der Waals surface area contributed by atoms with Crippen LogP contribution in [0.2, 0.25) is 0 Å². The molecule has 0 aromatic heterocycles. The Kier molecular flexibility index (Phi) is 6.76. The molecule has 1 N–H and O–H groups in total. The topological polar surface area (TPSA) is 86.8 Å². The van der Waals surface area contributed by atoms with Gasteiger partial charge >= 0.3 is 0 Å². The summed E-state index contributed by atoms with van der Waals surface area (Å²) in [7, 11) is -3.53. The van der Waals surface area contributed by atoms with Gasteiger partial charge in [0.2, 0.25) is 21.8 Å². The van der Waals surface area contributed by atoms with Gasteiger partial charge in [-0.05, 0) is 43.0 Å². The van der Waals surface area contributed by atoms with Crippen LogP contribution >= 0.6 is 0 Å². The largest absolute Gasteiger partial charge is 0.356 e. The van der Waals surface area contributed by atoms with E-state index in [0.29, 0.717) is 38.5 Å². The molecule has 2 aliphatic heterocycles. The summed E-state index contributed by atoms with van der Waals surface area (Å²) in [5, 5.41) is 2.86. The number of piperidine rings is 1. The smallest absolute Gasteiger partial charge is 0.243 e. The molecule has 0 spiro atoms. The fraction of sp³-hybridized carbons (Fsp3) is 0.391. The lowest BCUT2D eigenvalue weighted by molar-refractivity contribution is -0.126. The van der Waals surface area contributed by atoms with Crippen LogP contribution in [0.1, 0.15) is 19.3 Å². The van der Waals surface area contributed by atoms with Gasteiger partial charge in [0.05, 0.1) is 16.5 Å². The lowest BCUT2D eigenvalue weighted by Gasteiger charge is -2.31. The van der Waals surface area contributed by atoms with Crippen molar-refractivity contribution in [3.05, 3.63) is 60.2 Å². The quantitative estimate of drug-likeness (QED) is 0.693. The molecule has 2 aliphatic rings. The molecule has 2 fully saturated rings. The Labute approximate surface area is 191 Å². The molecular weight excluding hydrogens is 452 g/mol. The third kappa shape index (κ3) is 5.06. The van der Waals surface area contributed by atoms with E-state index in [-0.39, 0.29) is 41.3 Å². The minimum atomic E-state index is -3.53. The van der Waals surface area contributed by atoms with Crippen molar-refractivity contribution in [2.75, 3.05) is 31.1 Å². The van der Waals surface area contributed by atoms with Gasteiger partial charge in [-0.2, -0.15) is 4.31 Å². The van der Waals surface area contributed by atoms with Gasteiger partial charge in [-0.3, -0.25) is 9.59 Å². The van der Waals surface area contributed by atoms with Crippen molar-refractivity contribution in [3.8, 4) is 0 Å². The molecule has 4 rings (SSSR count). The first-order valence-corrected chi connectivity index (χ1v) is 12.3. The summed E-state index contributed by atoms with van der Waals surface area (Å²) in [6.45, 7) is 1.16. The van der Waals surface area contributed by atoms with E-state index in [1.165, 1.54) is 15.3 Å². The van der Waals surface area contributed by atoms with Crippen molar-refractivity contribution in [3.63, 3.8) is 0 Å². The maximum atomic E-state index is 14.0. The molecule has 2 saturated heterocycles. The van der Waals surface area contributed by atoms with Gasteiger partial charge in [-0.1, -0.05) is 18.2 Å². The Morgan fingerprint density at radius 2 is 1.76 bits per heavy atom. The van der Waals surface area contributed by atoms with Crippen molar-refractivity contribution in [2.45, 2.75) is 24.2 Å². The third-order valence-corrected chi connectivity index (χ3v) is 8.13. The van der Waals surface area contributed by atoms with Crippen molar-refractivity contribution in [2.24, 2.45) is 11.8 Å². The van der Waals surface area contributed by atoms with Gasteiger partial charge in [0, 0.05) is 38.7 Å². The van der Waals surface area contributed by atoms with Crippen LogP contribution in [-0.4, -0.2) is 50.7 Å². The van der Waals surface area contributed by atoms with E-state index in [4.69, 9.17) is 0 Å². The molecule has 2 aromatic carbocycles. The first kappa shape index (κ1) is 23.3. The highest BCUT2D eigenvalue weighted by molar-refractivity contribution is 7.89. The minimum absolute atomic E-state index is 0.0288. The second-order valence-electron chi connectivity index (χ2n) is 8.41. The number of amides is 2. The van der Waals surface area contributed by atoms with E-state index >= 15 is 0 Å². The molecule has 10 heteroatoms. The van der Waals surface area contributed by atoms with Crippen LogP contribution < -0.4 is 10.2 Å². The fourth-order valence-corrected chi connectivity index (χ4v) is 5.79. The summed E-state index contributed by atoms with van der Waals surface area (Å²) >= 11 is 0. The number of benzene rings is 2. The molecule has 2 heterocycles. The molecule has 33 heavy (non-hydrogen) atoms. The Hall–Kier alpha value is -2.85. The molecule has 0 aliphatic carbocycles. The van der Waals surface area contributed by atoms with Gasteiger partial charge in [-0.25, -0.2) is 17.2 Å². The Morgan fingerprint density at radius 1 is 1.06 bits per heavy atom. The molecule has 7 nitrogen and oxygen atoms in total. The van der Waals surface area contributed by atoms with Crippen molar-refractivity contribution < 1.29 is 26.8 Å². The average molecular weight is 478 g/mol. The second-order valence-corrected chi connectivity index (χ2v) is 10.3. The van der Waals surface area contributed by atoms with Gasteiger partial charge < -0.3 is 10.2 Å². The van der Waals surface area contributed by atoms with Crippen molar-refractivity contribution >= 4 is 27.5 Å². The maximum Gasteiger partial charge on any atom is 0.243 e. The highest BCUT2D eigenvalue weighted by Crippen LogP contribution is 2.28. The predicted octanol–water partition coefficient (Wildman–Crippen LogP) is 2.53. The number of sulfonamides is 1. The standard InChI is InChI=1S/C23H25F2N3O4S/c24-18-6-7-21(20(25)13-18)28-15-17(12-22(28)29)23(30)26-14-16-8-10-27(11-9-16)33(31,32)19-4-2-1-3-5-19/h1-7,13,16-17H,8-12,14-15H2,(H,26,30). The van der Waals surface area contributed by atoms with E-state index in [9.17, 15) is 26.8 Å². The number of halogens is 2. The Morgan fingerprint density at radius 3 is 2.42 bits per heavy atom. The molecular formula is C23H25F2N3O4S. The van der Waals surface area contributed by atoms with E-state index in [0.717, 1.165) is 6.07 Å². The lowest BCUT2D eigenvalue weighted by Crippen LogP contribution is -2.42. The predicted molar refractivity (Wildman–Crippen MR) is 118 cm³/mol. The van der Waals surface area contributed by atoms with Crippen LogP contribution in [0.15, 0.2) is 53.4 Å². The second kappa shape index (κ2) is 9.56. The molecule has 1 unspecified atom stereocenters. The highest BCUT2D eigenvalue weighted by Gasteiger charge is 2.37. The summed E-state index contributed by atoms with van der Waals surface area (Å²) in [6.07, 6.45) is 1.18.